The number of ether oxygens (including phenoxy) is 1. The van der Waals surface area contributed by atoms with Gasteiger partial charge in [0.15, 0.2) is 0 Å². The molecule has 0 heterocycles. The van der Waals surface area contributed by atoms with Crippen LogP contribution in [0.3, 0.4) is 0 Å². The fourth-order valence-corrected chi connectivity index (χ4v) is 2.74. The van der Waals surface area contributed by atoms with Crippen molar-refractivity contribution in [3.8, 4) is 5.75 Å². The van der Waals surface area contributed by atoms with Gasteiger partial charge in [-0.05, 0) is 59.2 Å². The van der Waals surface area contributed by atoms with Crippen molar-refractivity contribution in [2.24, 2.45) is 0 Å². The van der Waals surface area contributed by atoms with Crippen molar-refractivity contribution in [3.63, 3.8) is 0 Å². The molecule has 0 saturated heterocycles. The Labute approximate surface area is 144 Å². The molecule has 1 fully saturated rings. The molecule has 110 valence electrons. The van der Waals surface area contributed by atoms with Crippen molar-refractivity contribution in [3.05, 3.63) is 62.2 Å². The molecule has 2 aromatic carbocycles. The lowest BCUT2D eigenvalue weighted by molar-refractivity contribution is 0.302. The summed E-state index contributed by atoms with van der Waals surface area (Å²) in [6.45, 7) is 1.35. The first-order valence-electron chi connectivity index (χ1n) is 7.10. The van der Waals surface area contributed by atoms with Crippen molar-refractivity contribution < 1.29 is 4.74 Å². The molecule has 21 heavy (non-hydrogen) atoms. The largest absolute Gasteiger partial charge is 0.487 e. The van der Waals surface area contributed by atoms with E-state index in [2.05, 4.69) is 58.2 Å². The molecule has 3 rings (SSSR count). The van der Waals surface area contributed by atoms with Gasteiger partial charge < -0.3 is 10.1 Å². The van der Waals surface area contributed by atoms with Crippen LogP contribution in [-0.4, -0.2) is 6.04 Å². The molecule has 0 unspecified atom stereocenters. The second kappa shape index (κ2) is 6.99. The Bertz CT molecular complexity index is 611. The molecule has 4 heteroatoms. The van der Waals surface area contributed by atoms with E-state index < -0.39 is 0 Å². The third-order valence-electron chi connectivity index (χ3n) is 3.50. The Morgan fingerprint density at radius 2 is 1.90 bits per heavy atom. The van der Waals surface area contributed by atoms with E-state index in [1.165, 1.54) is 16.4 Å². The Hall–Kier alpha value is -0.780. The number of hydrogen-bond donors (Lipinski definition) is 1. The Kier molecular flexibility index (Phi) is 5.03. The summed E-state index contributed by atoms with van der Waals surface area (Å²) in [5.74, 6) is 0.797. The monoisotopic (exact) mass is 413 g/mol. The molecule has 1 aliphatic carbocycles. The first-order chi connectivity index (χ1) is 10.2. The lowest BCUT2D eigenvalue weighted by Crippen LogP contribution is -2.16. The first kappa shape index (κ1) is 15.1. The molecule has 0 atom stereocenters. The molecule has 2 nitrogen and oxygen atoms in total. The van der Waals surface area contributed by atoms with Crippen LogP contribution in [0, 0.1) is 3.57 Å². The predicted octanol–water partition coefficient (Wildman–Crippen LogP) is 4.78. The predicted molar refractivity (Wildman–Crippen MR) is 94.8 cm³/mol. The molecule has 0 bridgehead atoms. The van der Waals surface area contributed by atoms with Crippen LogP contribution in [0.15, 0.2) is 42.5 Å². The summed E-state index contributed by atoms with van der Waals surface area (Å²) in [5.41, 5.74) is 2.27. The quantitative estimate of drug-likeness (QED) is 0.689. The van der Waals surface area contributed by atoms with Gasteiger partial charge in [-0.2, -0.15) is 0 Å². The molecular formula is C17H17ClINO. The van der Waals surface area contributed by atoms with E-state index in [9.17, 15) is 0 Å². The molecule has 1 N–H and O–H groups in total. The maximum absolute atomic E-state index is 6.30. The normalized spacial score (nSPS) is 14.2. The number of hydrogen-bond acceptors (Lipinski definition) is 2. The second-order valence-corrected chi connectivity index (χ2v) is 6.95. The van der Waals surface area contributed by atoms with Crippen molar-refractivity contribution in [1.29, 1.82) is 0 Å². The van der Waals surface area contributed by atoms with Crippen molar-refractivity contribution >= 4 is 34.2 Å². The average Bonchev–Trinajstić information content (AvgIpc) is 3.30. The minimum absolute atomic E-state index is 0.539. The van der Waals surface area contributed by atoms with E-state index in [4.69, 9.17) is 16.3 Å². The summed E-state index contributed by atoms with van der Waals surface area (Å²) in [7, 11) is 0. The highest BCUT2D eigenvalue weighted by molar-refractivity contribution is 14.1. The molecule has 0 aliphatic heterocycles. The number of rotatable bonds is 6. The summed E-state index contributed by atoms with van der Waals surface area (Å²) < 4.78 is 7.20. The molecular weight excluding hydrogens is 397 g/mol. The highest BCUT2D eigenvalue weighted by Gasteiger charge is 2.21. The van der Waals surface area contributed by atoms with Gasteiger partial charge in [0, 0.05) is 21.7 Å². The van der Waals surface area contributed by atoms with E-state index in [0.29, 0.717) is 17.7 Å². The minimum Gasteiger partial charge on any atom is -0.487 e. The van der Waals surface area contributed by atoms with Crippen LogP contribution in [-0.2, 0) is 13.2 Å². The van der Waals surface area contributed by atoms with E-state index in [1.54, 1.807) is 0 Å². The summed E-state index contributed by atoms with van der Waals surface area (Å²) in [6, 6.07) is 14.9. The van der Waals surface area contributed by atoms with Gasteiger partial charge in [0.1, 0.15) is 12.4 Å². The highest BCUT2D eigenvalue weighted by Crippen LogP contribution is 2.30. The summed E-state index contributed by atoms with van der Waals surface area (Å²) >= 11 is 8.60. The van der Waals surface area contributed by atoms with Crippen LogP contribution in [0.5, 0.6) is 5.75 Å². The topological polar surface area (TPSA) is 21.3 Å². The van der Waals surface area contributed by atoms with Gasteiger partial charge in [0.05, 0.1) is 5.02 Å². The highest BCUT2D eigenvalue weighted by atomic mass is 127. The maximum atomic E-state index is 6.30. The van der Waals surface area contributed by atoms with E-state index >= 15 is 0 Å². The van der Waals surface area contributed by atoms with Crippen LogP contribution in [0.2, 0.25) is 5.02 Å². The molecule has 0 radical (unpaired) electrons. The Morgan fingerprint density at radius 3 is 2.62 bits per heavy atom. The second-order valence-electron chi connectivity index (χ2n) is 5.30. The van der Waals surface area contributed by atoms with Gasteiger partial charge in [0.2, 0.25) is 0 Å². The molecule has 0 spiro atoms. The molecule has 0 amide bonds. The van der Waals surface area contributed by atoms with Crippen LogP contribution in [0.25, 0.3) is 0 Å². The SMILES string of the molecule is Clc1cccc(CNC2CC2)c1OCc1ccc(I)cc1. The number of benzene rings is 2. The van der Waals surface area contributed by atoms with Gasteiger partial charge in [-0.1, -0.05) is 35.9 Å². The van der Waals surface area contributed by atoms with E-state index in [0.717, 1.165) is 23.4 Å². The van der Waals surface area contributed by atoms with Gasteiger partial charge in [-0.3, -0.25) is 0 Å². The zero-order valence-corrected chi connectivity index (χ0v) is 14.5. The minimum atomic E-state index is 0.539. The lowest BCUT2D eigenvalue weighted by Gasteiger charge is -2.14. The lowest BCUT2D eigenvalue weighted by atomic mass is 10.2. The smallest absolute Gasteiger partial charge is 0.142 e. The number of halogens is 2. The van der Waals surface area contributed by atoms with Gasteiger partial charge in [-0.15, -0.1) is 0 Å². The Balaban J connectivity index is 1.69. The van der Waals surface area contributed by atoms with Crippen molar-refractivity contribution in [2.75, 3.05) is 0 Å². The first-order valence-corrected chi connectivity index (χ1v) is 8.56. The van der Waals surface area contributed by atoms with Gasteiger partial charge in [-0.25, -0.2) is 0 Å². The van der Waals surface area contributed by atoms with Crippen LogP contribution >= 0.6 is 34.2 Å². The molecule has 2 aromatic rings. The summed E-state index contributed by atoms with van der Waals surface area (Å²) in [6.07, 6.45) is 2.55. The van der Waals surface area contributed by atoms with Crippen LogP contribution in [0.1, 0.15) is 24.0 Å². The standard InChI is InChI=1S/C17H17ClINO/c18-16-3-1-2-13(10-20-15-8-9-15)17(16)21-11-12-4-6-14(19)7-5-12/h1-7,15,20H,8-11H2. The van der Waals surface area contributed by atoms with Crippen LogP contribution in [0.4, 0.5) is 0 Å². The molecule has 0 aromatic heterocycles. The zero-order chi connectivity index (χ0) is 14.7. The maximum Gasteiger partial charge on any atom is 0.142 e. The fraction of sp³-hybridized carbons (Fsp3) is 0.294. The third kappa shape index (κ3) is 4.34. The van der Waals surface area contributed by atoms with Crippen molar-refractivity contribution in [2.45, 2.75) is 32.0 Å². The zero-order valence-electron chi connectivity index (χ0n) is 11.6. The summed E-state index contributed by atoms with van der Waals surface area (Å²) in [4.78, 5) is 0. The average molecular weight is 414 g/mol. The summed E-state index contributed by atoms with van der Waals surface area (Å²) in [5, 5.41) is 4.18. The molecule has 1 saturated carbocycles. The van der Waals surface area contributed by atoms with Crippen molar-refractivity contribution in [1.82, 2.24) is 5.32 Å². The van der Waals surface area contributed by atoms with Gasteiger partial charge >= 0.3 is 0 Å². The molecule has 1 aliphatic rings. The third-order valence-corrected chi connectivity index (χ3v) is 4.52. The van der Waals surface area contributed by atoms with Crippen LogP contribution < -0.4 is 10.1 Å². The number of para-hydroxylation sites is 1. The van der Waals surface area contributed by atoms with Gasteiger partial charge in [0.25, 0.3) is 0 Å². The Morgan fingerprint density at radius 1 is 1.14 bits per heavy atom. The fourth-order valence-electron chi connectivity index (χ4n) is 2.13. The van der Waals surface area contributed by atoms with E-state index in [1.807, 2.05) is 12.1 Å². The van der Waals surface area contributed by atoms with E-state index in [-0.39, 0.29) is 0 Å². The number of nitrogens with one attached hydrogen (secondary N) is 1.